The molecule has 21 heavy (non-hydrogen) atoms. The Morgan fingerprint density at radius 2 is 1.67 bits per heavy atom. The Morgan fingerprint density at radius 3 is 2.52 bits per heavy atom. The van der Waals surface area contributed by atoms with Crippen molar-refractivity contribution in [3.05, 3.63) is 66.5 Å². The molecule has 2 heteroatoms. The van der Waals surface area contributed by atoms with Gasteiger partial charge in [-0.2, -0.15) is 0 Å². The van der Waals surface area contributed by atoms with Crippen molar-refractivity contribution in [1.82, 2.24) is 9.55 Å². The topological polar surface area (TPSA) is 17.8 Å². The molecular weight excluding hydrogens is 256 g/mol. The molecule has 4 rings (SSSR count). The van der Waals surface area contributed by atoms with Crippen molar-refractivity contribution in [3.8, 4) is 11.1 Å². The van der Waals surface area contributed by atoms with Crippen LogP contribution >= 0.6 is 0 Å². The van der Waals surface area contributed by atoms with Crippen molar-refractivity contribution in [1.29, 1.82) is 0 Å². The number of fused-ring (bicyclic) bond motifs is 3. The van der Waals surface area contributed by atoms with E-state index in [0.29, 0.717) is 0 Å². The van der Waals surface area contributed by atoms with Crippen molar-refractivity contribution < 1.29 is 0 Å². The lowest BCUT2D eigenvalue weighted by Gasteiger charge is -2.04. The van der Waals surface area contributed by atoms with E-state index >= 15 is 0 Å². The zero-order valence-corrected chi connectivity index (χ0v) is 12.2. The van der Waals surface area contributed by atoms with E-state index in [0.717, 1.165) is 0 Å². The first-order chi connectivity index (χ1) is 10.2. The van der Waals surface area contributed by atoms with Crippen LogP contribution in [0.3, 0.4) is 0 Å². The first kappa shape index (κ1) is 12.2. The van der Waals surface area contributed by atoms with Crippen LogP contribution in [0.15, 0.2) is 60.9 Å². The van der Waals surface area contributed by atoms with E-state index in [9.17, 15) is 0 Å². The van der Waals surface area contributed by atoms with Gasteiger partial charge in [0.2, 0.25) is 0 Å². The number of aromatic nitrogens is 2. The molecule has 0 aliphatic carbocycles. The largest absolute Gasteiger partial charge is 0.344 e. The monoisotopic (exact) mass is 272 g/mol. The molecule has 0 saturated carbocycles. The van der Waals surface area contributed by atoms with E-state index < -0.39 is 0 Å². The fraction of sp³-hybridized carbons (Fsp3) is 0.105. The van der Waals surface area contributed by atoms with Crippen LogP contribution < -0.4 is 0 Å². The van der Waals surface area contributed by atoms with Crippen molar-refractivity contribution in [2.75, 3.05) is 0 Å². The smallest absolute Gasteiger partial charge is 0.0519 e. The fourth-order valence-electron chi connectivity index (χ4n) is 3.07. The van der Waals surface area contributed by atoms with E-state index in [4.69, 9.17) is 0 Å². The number of rotatable bonds is 1. The lowest BCUT2D eigenvalue weighted by Crippen LogP contribution is -1.86. The van der Waals surface area contributed by atoms with E-state index in [1.807, 2.05) is 12.4 Å². The summed E-state index contributed by atoms with van der Waals surface area (Å²) in [6.07, 6.45) is 3.81. The Morgan fingerprint density at radius 1 is 0.857 bits per heavy atom. The maximum Gasteiger partial charge on any atom is 0.0519 e. The molecule has 0 unspecified atom stereocenters. The first-order valence-electron chi connectivity index (χ1n) is 7.13. The van der Waals surface area contributed by atoms with Crippen molar-refractivity contribution in [3.63, 3.8) is 0 Å². The summed E-state index contributed by atoms with van der Waals surface area (Å²) in [5, 5.41) is 2.48. The Labute approximate surface area is 123 Å². The number of hydrogen-bond acceptors (Lipinski definition) is 1. The molecule has 0 radical (unpaired) electrons. The van der Waals surface area contributed by atoms with Gasteiger partial charge in [-0.3, -0.25) is 4.98 Å². The second kappa shape index (κ2) is 4.45. The van der Waals surface area contributed by atoms with Crippen LogP contribution in [0.1, 0.15) is 5.56 Å². The van der Waals surface area contributed by atoms with Crippen molar-refractivity contribution in [2.24, 2.45) is 7.05 Å². The van der Waals surface area contributed by atoms with Crippen LogP contribution in [0.25, 0.3) is 32.9 Å². The summed E-state index contributed by atoms with van der Waals surface area (Å²) < 4.78 is 2.23. The van der Waals surface area contributed by atoms with E-state index in [1.54, 1.807) is 0 Å². The lowest BCUT2D eigenvalue weighted by atomic mass is 10.0. The second-order valence-corrected chi connectivity index (χ2v) is 5.55. The Hall–Kier alpha value is -2.61. The predicted molar refractivity (Wildman–Crippen MR) is 88.4 cm³/mol. The van der Waals surface area contributed by atoms with Crippen molar-refractivity contribution in [2.45, 2.75) is 6.92 Å². The minimum absolute atomic E-state index is 1.21. The highest BCUT2D eigenvalue weighted by Crippen LogP contribution is 2.31. The summed E-state index contributed by atoms with van der Waals surface area (Å²) in [5.41, 5.74) is 6.27. The standard InChI is InChI=1S/C19H16N2/c1-13-4-3-5-14(10-13)15-6-7-18-16(11-15)17-12-20-9-8-19(17)21(18)2/h3-12H,1-2H3. The second-order valence-electron chi connectivity index (χ2n) is 5.55. The van der Waals surface area contributed by atoms with Crippen LogP contribution in [-0.2, 0) is 7.05 Å². The predicted octanol–water partition coefficient (Wildman–Crippen LogP) is 4.70. The summed E-state index contributed by atoms with van der Waals surface area (Å²) in [6, 6.07) is 17.4. The molecule has 0 spiro atoms. The van der Waals surface area contributed by atoms with Gasteiger partial charge < -0.3 is 4.57 Å². The third kappa shape index (κ3) is 1.83. The highest BCUT2D eigenvalue weighted by atomic mass is 14.9. The molecule has 4 aromatic rings. The zero-order chi connectivity index (χ0) is 14.4. The summed E-state index contributed by atoms with van der Waals surface area (Å²) in [7, 11) is 2.11. The molecule has 2 aromatic heterocycles. The number of hydrogen-bond donors (Lipinski definition) is 0. The van der Waals surface area contributed by atoms with Gasteiger partial charge >= 0.3 is 0 Å². The minimum Gasteiger partial charge on any atom is -0.344 e. The highest BCUT2D eigenvalue weighted by Gasteiger charge is 2.09. The molecule has 0 aliphatic heterocycles. The van der Waals surface area contributed by atoms with Gasteiger partial charge in [0.1, 0.15) is 0 Å². The number of pyridine rings is 1. The van der Waals surface area contributed by atoms with Crippen LogP contribution in [0, 0.1) is 6.92 Å². The maximum atomic E-state index is 4.28. The van der Waals surface area contributed by atoms with Crippen LogP contribution in [0.4, 0.5) is 0 Å². The average molecular weight is 272 g/mol. The van der Waals surface area contributed by atoms with E-state index in [1.165, 1.54) is 38.5 Å². The van der Waals surface area contributed by atoms with Crippen LogP contribution in [0.2, 0.25) is 0 Å². The molecule has 2 nitrogen and oxygen atoms in total. The molecule has 0 N–H and O–H groups in total. The first-order valence-corrected chi connectivity index (χ1v) is 7.13. The molecule has 0 saturated heterocycles. The van der Waals surface area contributed by atoms with Gasteiger partial charge in [-0.1, -0.05) is 35.9 Å². The minimum atomic E-state index is 1.21. The van der Waals surface area contributed by atoms with E-state index in [-0.39, 0.29) is 0 Å². The molecule has 0 fully saturated rings. The Kier molecular flexibility index (Phi) is 2.58. The summed E-state index contributed by atoms with van der Waals surface area (Å²) in [6.45, 7) is 2.13. The normalized spacial score (nSPS) is 11.3. The van der Waals surface area contributed by atoms with Gasteiger partial charge in [0.05, 0.1) is 5.52 Å². The summed E-state index contributed by atoms with van der Waals surface area (Å²) >= 11 is 0. The molecule has 0 amide bonds. The molecule has 0 bridgehead atoms. The van der Waals surface area contributed by atoms with Gasteiger partial charge in [-0.25, -0.2) is 0 Å². The molecule has 0 atom stereocenters. The summed E-state index contributed by atoms with van der Waals surface area (Å²) in [5.74, 6) is 0. The fourth-order valence-corrected chi connectivity index (χ4v) is 3.07. The number of benzene rings is 2. The highest BCUT2D eigenvalue weighted by molar-refractivity contribution is 6.08. The van der Waals surface area contributed by atoms with Gasteiger partial charge in [0.15, 0.2) is 0 Å². The quantitative estimate of drug-likeness (QED) is 0.491. The molecule has 2 heterocycles. The molecule has 102 valence electrons. The molecule has 2 aromatic carbocycles. The SMILES string of the molecule is Cc1cccc(-c2ccc3c(c2)c2cnccc2n3C)c1. The summed E-state index contributed by atoms with van der Waals surface area (Å²) in [4.78, 5) is 4.28. The third-order valence-electron chi connectivity index (χ3n) is 4.16. The average Bonchev–Trinajstić information content (AvgIpc) is 2.81. The van der Waals surface area contributed by atoms with Gasteiger partial charge in [-0.15, -0.1) is 0 Å². The van der Waals surface area contributed by atoms with Gasteiger partial charge in [0.25, 0.3) is 0 Å². The molecular formula is C19H16N2. The number of aryl methyl sites for hydroxylation is 2. The molecule has 0 aliphatic rings. The van der Waals surface area contributed by atoms with E-state index in [2.05, 4.69) is 72.1 Å². The van der Waals surface area contributed by atoms with Crippen LogP contribution in [-0.4, -0.2) is 9.55 Å². The maximum absolute atomic E-state index is 4.28. The third-order valence-corrected chi connectivity index (χ3v) is 4.16. The lowest BCUT2D eigenvalue weighted by molar-refractivity contribution is 1.01. The van der Waals surface area contributed by atoms with Gasteiger partial charge in [0, 0.05) is 35.7 Å². The van der Waals surface area contributed by atoms with Gasteiger partial charge in [-0.05, 0) is 36.2 Å². The number of nitrogens with zero attached hydrogens (tertiary/aromatic N) is 2. The Balaban J connectivity index is 2.04. The Bertz CT molecular complexity index is 964. The van der Waals surface area contributed by atoms with Crippen LogP contribution in [0.5, 0.6) is 0 Å². The van der Waals surface area contributed by atoms with Crippen molar-refractivity contribution >= 4 is 21.8 Å². The zero-order valence-electron chi connectivity index (χ0n) is 12.2.